The lowest BCUT2D eigenvalue weighted by atomic mass is 10.1. The predicted molar refractivity (Wildman–Crippen MR) is 101 cm³/mol. The number of amides is 1. The quantitative estimate of drug-likeness (QED) is 0.643. The molecular formula is C20H24N2O4. The minimum atomic E-state index is -1.04. The second kappa shape index (κ2) is 9.58. The molecule has 6 heteroatoms. The van der Waals surface area contributed by atoms with Crippen molar-refractivity contribution < 1.29 is 19.4 Å². The number of carboxylic acids is 1. The number of aliphatic carboxylic acids is 1. The van der Waals surface area contributed by atoms with Gasteiger partial charge in [0.1, 0.15) is 11.8 Å². The summed E-state index contributed by atoms with van der Waals surface area (Å²) in [6.45, 7) is 2.39. The summed E-state index contributed by atoms with van der Waals surface area (Å²) in [4.78, 5) is 23.5. The third-order valence-electron chi connectivity index (χ3n) is 3.95. The molecule has 3 N–H and O–H groups in total. The summed E-state index contributed by atoms with van der Waals surface area (Å²) in [7, 11) is 1.61. The Bertz CT molecular complexity index is 744. The first-order valence-corrected chi connectivity index (χ1v) is 8.43. The molecule has 6 nitrogen and oxygen atoms in total. The zero-order chi connectivity index (χ0) is 18.9. The summed E-state index contributed by atoms with van der Waals surface area (Å²) in [5.74, 6) is -0.600. The first kappa shape index (κ1) is 19.5. The van der Waals surface area contributed by atoms with Crippen molar-refractivity contribution in [2.24, 2.45) is 0 Å². The summed E-state index contributed by atoms with van der Waals surface area (Å²) >= 11 is 0. The van der Waals surface area contributed by atoms with E-state index in [1.165, 1.54) is 0 Å². The Morgan fingerprint density at radius 1 is 1.15 bits per heavy atom. The maximum absolute atomic E-state index is 12.1. The van der Waals surface area contributed by atoms with Gasteiger partial charge in [-0.15, -0.1) is 0 Å². The van der Waals surface area contributed by atoms with Crippen LogP contribution < -0.4 is 15.4 Å². The van der Waals surface area contributed by atoms with Crippen molar-refractivity contribution in [3.05, 3.63) is 59.7 Å². The number of anilines is 1. The largest absolute Gasteiger partial charge is 0.497 e. The second-order valence-electron chi connectivity index (χ2n) is 6.06. The molecule has 0 fully saturated rings. The number of carboxylic acid groups (broad SMARTS) is 1. The highest BCUT2D eigenvalue weighted by Gasteiger charge is 2.20. The molecule has 0 aliphatic heterocycles. The third-order valence-corrected chi connectivity index (χ3v) is 3.95. The molecule has 0 spiro atoms. The molecule has 2 aromatic rings. The molecule has 26 heavy (non-hydrogen) atoms. The van der Waals surface area contributed by atoms with Crippen LogP contribution in [0, 0.1) is 6.92 Å². The van der Waals surface area contributed by atoms with Crippen LogP contribution in [0.4, 0.5) is 5.69 Å². The van der Waals surface area contributed by atoms with E-state index in [1.807, 2.05) is 49.4 Å². The molecule has 0 aliphatic rings. The van der Waals surface area contributed by atoms with Crippen LogP contribution in [0.5, 0.6) is 5.75 Å². The summed E-state index contributed by atoms with van der Waals surface area (Å²) < 4.78 is 5.11. The molecule has 0 aliphatic carbocycles. The fraction of sp³-hybridized carbons (Fsp3) is 0.300. The summed E-state index contributed by atoms with van der Waals surface area (Å²) in [5, 5.41) is 15.0. The van der Waals surface area contributed by atoms with E-state index in [2.05, 4.69) is 10.6 Å². The number of carbonyl (C=O) groups excluding carboxylic acids is 1. The van der Waals surface area contributed by atoms with E-state index in [-0.39, 0.29) is 12.3 Å². The third kappa shape index (κ3) is 6.22. The van der Waals surface area contributed by atoms with E-state index in [9.17, 15) is 14.7 Å². The number of hydrogen-bond acceptors (Lipinski definition) is 4. The van der Waals surface area contributed by atoms with Gasteiger partial charge in [0.15, 0.2) is 0 Å². The van der Waals surface area contributed by atoms with Crippen molar-refractivity contribution >= 4 is 17.6 Å². The number of rotatable bonds is 9. The number of nitrogens with one attached hydrogen (secondary N) is 2. The van der Waals surface area contributed by atoms with Crippen LogP contribution in [0.3, 0.4) is 0 Å². The van der Waals surface area contributed by atoms with E-state index in [4.69, 9.17) is 4.74 Å². The normalized spacial score (nSPS) is 11.6. The van der Waals surface area contributed by atoms with Gasteiger partial charge < -0.3 is 20.5 Å². The number of methoxy groups -OCH3 is 1. The van der Waals surface area contributed by atoms with Gasteiger partial charge in [-0.2, -0.15) is 0 Å². The molecule has 0 aromatic heterocycles. The lowest BCUT2D eigenvalue weighted by molar-refractivity contribution is -0.141. The molecule has 1 amide bonds. The summed E-state index contributed by atoms with van der Waals surface area (Å²) in [6.07, 6.45) is 0.527. The van der Waals surface area contributed by atoms with Crippen molar-refractivity contribution in [2.75, 3.05) is 19.0 Å². The topological polar surface area (TPSA) is 87.7 Å². The SMILES string of the molecule is COc1ccc(CCN[C@@H](CC(=O)Nc2cccc(C)c2)C(=O)O)cc1. The molecule has 2 aromatic carbocycles. The van der Waals surface area contributed by atoms with E-state index >= 15 is 0 Å². The van der Waals surface area contributed by atoms with Crippen molar-refractivity contribution in [1.29, 1.82) is 0 Å². The zero-order valence-corrected chi connectivity index (χ0v) is 15.0. The van der Waals surface area contributed by atoms with Crippen LogP contribution in [0.15, 0.2) is 48.5 Å². The Hall–Kier alpha value is -2.86. The Balaban J connectivity index is 1.83. The number of benzene rings is 2. The average molecular weight is 356 g/mol. The van der Waals surface area contributed by atoms with Crippen LogP contribution in [0.25, 0.3) is 0 Å². The minimum Gasteiger partial charge on any atom is -0.497 e. The molecular weight excluding hydrogens is 332 g/mol. The number of ether oxygens (including phenoxy) is 1. The lowest BCUT2D eigenvalue weighted by Crippen LogP contribution is -2.40. The van der Waals surface area contributed by atoms with E-state index < -0.39 is 12.0 Å². The van der Waals surface area contributed by atoms with Crippen molar-refractivity contribution in [1.82, 2.24) is 5.32 Å². The van der Waals surface area contributed by atoms with Crippen LogP contribution in [0.1, 0.15) is 17.5 Å². The summed E-state index contributed by atoms with van der Waals surface area (Å²) in [6, 6.07) is 14.0. The lowest BCUT2D eigenvalue weighted by Gasteiger charge is -2.14. The van der Waals surface area contributed by atoms with Gasteiger partial charge in [-0.1, -0.05) is 24.3 Å². The van der Waals surface area contributed by atoms with Gasteiger partial charge in [-0.05, 0) is 55.3 Å². The molecule has 0 radical (unpaired) electrons. The van der Waals surface area contributed by atoms with Crippen LogP contribution in [-0.2, 0) is 16.0 Å². The molecule has 2 rings (SSSR count). The fourth-order valence-corrected chi connectivity index (χ4v) is 2.55. The monoisotopic (exact) mass is 356 g/mol. The fourth-order valence-electron chi connectivity index (χ4n) is 2.55. The van der Waals surface area contributed by atoms with Gasteiger partial charge in [0.05, 0.1) is 13.5 Å². The molecule has 0 bridgehead atoms. The van der Waals surface area contributed by atoms with Crippen molar-refractivity contribution in [2.45, 2.75) is 25.8 Å². The average Bonchev–Trinajstić information content (AvgIpc) is 2.61. The van der Waals surface area contributed by atoms with Crippen LogP contribution in [0.2, 0.25) is 0 Å². The molecule has 0 heterocycles. The van der Waals surface area contributed by atoms with Crippen LogP contribution in [-0.4, -0.2) is 36.7 Å². The van der Waals surface area contributed by atoms with Crippen LogP contribution >= 0.6 is 0 Å². The van der Waals surface area contributed by atoms with Gasteiger partial charge in [0.25, 0.3) is 0 Å². The Morgan fingerprint density at radius 3 is 2.50 bits per heavy atom. The highest BCUT2D eigenvalue weighted by Crippen LogP contribution is 2.12. The molecule has 0 saturated carbocycles. The Labute approximate surface area is 153 Å². The smallest absolute Gasteiger partial charge is 0.321 e. The van der Waals surface area contributed by atoms with Crippen molar-refractivity contribution in [3.8, 4) is 5.75 Å². The molecule has 0 unspecified atom stereocenters. The molecule has 1 atom stereocenters. The Kier molecular flexibility index (Phi) is 7.17. The highest BCUT2D eigenvalue weighted by atomic mass is 16.5. The van der Waals surface area contributed by atoms with Gasteiger partial charge >= 0.3 is 5.97 Å². The van der Waals surface area contributed by atoms with E-state index in [0.717, 1.165) is 16.9 Å². The van der Waals surface area contributed by atoms with Gasteiger partial charge in [0.2, 0.25) is 5.91 Å². The maximum atomic E-state index is 12.1. The van der Waals surface area contributed by atoms with Gasteiger partial charge in [0, 0.05) is 5.69 Å². The first-order chi connectivity index (χ1) is 12.5. The van der Waals surface area contributed by atoms with Gasteiger partial charge in [-0.3, -0.25) is 9.59 Å². The van der Waals surface area contributed by atoms with Gasteiger partial charge in [-0.25, -0.2) is 0 Å². The summed E-state index contributed by atoms with van der Waals surface area (Å²) in [5.41, 5.74) is 2.75. The molecule has 0 saturated heterocycles. The second-order valence-corrected chi connectivity index (χ2v) is 6.06. The first-order valence-electron chi connectivity index (χ1n) is 8.43. The van der Waals surface area contributed by atoms with E-state index in [1.54, 1.807) is 13.2 Å². The van der Waals surface area contributed by atoms with Crippen molar-refractivity contribution in [3.63, 3.8) is 0 Å². The predicted octanol–water partition coefficient (Wildman–Crippen LogP) is 2.62. The zero-order valence-electron chi connectivity index (χ0n) is 15.0. The van der Waals surface area contributed by atoms with E-state index in [0.29, 0.717) is 18.7 Å². The number of carbonyl (C=O) groups is 2. The number of aryl methyl sites for hydroxylation is 1. The maximum Gasteiger partial charge on any atom is 0.321 e. The highest BCUT2D eigenvalue weighted by molar-refractivity contribution is 5.94. The molecule has 138 valence electrons. The Morgan fingerprint density at radius 2 is 1.88 bits per heavy atom. The number of hydrogen-bond donors (Lipinski definition) is 3. The standard InChI is InChI=1S/C20H24N2O4/c1-14-4-3-5-16(12-14)22-19(23)13-18(20(24)25)21-11-10-15-6-8-17(26-2)9-7-15/h3-9,12,18,21H,10-11,13H2,1-2H3,(H,22,23)(H,24,25)/t18-/m0/s1. The minimum absolute atomic E-state index is 0.133.